The zero-order valence-corrected chi connectivity index (χ0v) is 16.2. The molecule has 0 aliphatic rings. The molecular formula is C18H18N4O5S. The summed E-state index contributed by atoms with van der Waals surface area (Å²) in [5.74, 6) is 0.145. The van der Waals surface area contributed by atoms with Crippen LogP contribution in [0.3, 0.4) is 0 Å². The molecule has 3 rings (SSSR count). The van der Waals surface area contributed by atoms with Crippen molar-refractivity contribution in [1.82, 2.24) is 14.5 Å². The quantitative estimate of drug-likeness (QED) is 0.672. The Labute approximate surface area is 162 Å². The third-order valence-corrected chi connectivity index (χ3v) is 5.77. The summed E-state index contributed by atoms with van der Waals surface area (Å²) in [4.78, 5) is 12.5. The second-order valence-electron chi connectivity index (χ2n) is 5.93. The van der Waals surface area contributed by atoms with Crippen molar-refractivity contribution in [2.75, 3.05) is 26.5 Å². The third-order valence-electron chi connectivity index (χ3n) is 3.93. The molecule has 0 atom stereocenters. The number of nitrogens with one attached hydrogen (secondary N) is 1. The average molecular weight is 402 g/mol. The number of ether oxygens (including phenoxy) is 1. The molecule has 146 valence electrons. The zero-order chi connectivity index (χ0) is 20.3. The fraction of sp³-hybridized carbons (Fsp3) is 0.167. The summed E-state index contributed by atoms with van der Waals surface area (Å²) in [5.41, 5.74) is 1.39. The monoisotopic (exact) mass is 402 g/mol. The van der Waals surface area contributed by atoms with Crippen molar-refractivity contribution >= 4 is 21.6 Å². The van der Waals surface area contributed by atoms with Crippen LogP contribution in [0.2, 0.25) is 0 Å². The van der Waals surface area contributed by atoms with E-state index in [4.69, 9.17) is 9.15 Å². The average Bonchev–Trinajstić information content (AvgIpc) is 3.22. The molecular weight excluding hydrogens is 384 g/mol. The lowest BCUT2D eigenvalue weighted by Crippen LogP contribution is -2.23. The van der Waals surface area contributed by atoms with Gasteiger partial charge in [-0.2, -0.15) is 0 Å². The fourth-order valence-corrected chi connectivity index (χ4v) is 3.49. The van der Waals surface area contributed by atoms with Crippen LogP contribution in [-0.4, -0.2) is 50.0 Å². The summed E-state index contributed by atoms with van der Waals surface area (Å²) in [6.45, 7) is 0. The Morgan fingerprint density at radius 2 is 1.86 bits per heavy atom. The van der Waals surface area contributed by atoms with Crippen LogP contribution in [0.25, 0.3) is 11.5 Å². The Bertz CT molecular complexity index is 1080. The highest BCUT2D eigenvalue weighted by Crippen LogP contribution is 2.29. The van der Waals surface area contributed by atoms with Gasteiger partial charge in [-0.15, -0.1) is 10.2 Å². The van der Waals surface area contributed by atoms with Crippen molar-refractivity contribution in [2.45, 2.75) is 4.90 Å². The number of rotatable bonds is 6. The lowest BCUT2D eigenvalue weighted by molar-refractivity contribution is 0.102. The smallest absolute Gasteiger partial charge is 0.255 e. The normalized spacial score (nSPS) is 11.4. The molecule has 10 heteroatoms. The van der Waals surface area contributed by atoms with Gasteiger partial charge in [0.2, 0.25) is 22.3 Å². The van der Waals surface area contributed by atoms with Crippen molar-refractivity contribution in [3.05, 3.63) is 54.4 Å². The number of sulfonamides is 1. The van der Waals surface area contributed by atoms with Crippen LogP contribution >= 0.6 is 0 Å². The Kier molecular flexibility index (Phi) is 5.43. The van der Waals surface area contributed by atoms with E-state index in [0.717, 1.165) is 4.31 Å². The summed E-state index contributed by atoms with van der Waals surface area (Å²) in [5, 5.41) is 10.1. The van der Waals surface area contributed by atoms with Gasteiger partial charge in [-0.1, -0.05) is 0 Å². The second-order valence-corrected chi connectivity index (χ2v) is 8.05. The van der Waals surface area contributed by atoms with Crippen LogP contribution in [0.15, 0.2) is 58.2 Å². The number of hydrogen-bond acceptors (Lipinski definition) is 7. The Morgan fingerprint density at radius 3 is 2.43 bits per heavy atom. The van der Waals surface area contributed by atoms with Crippen molar-refractivity contribution in [2.24, 2.45) is 0 Å². The van der Waals surface area contributed by atoms with E-state index in [1.54, 1.807) is 30.3 Å². The van der Waals surface area contributed by atoms with Crippen molar-refractivity contribution in [3.63, 3.8) is 0 Å². The lowest BCUT2D eigenvalue weighted by atomic mass is 10.1. The van der Waals surface area contributed by atoms with E-state index in [0.29, 0.717) is 22.7 Å². The van der Waals surface area contributed by atoms with E-state index in [1.807, 2.05) is 0 Å². The van der Waals surface area contributed by atoms with Gasteiger partial charge in [0.25, 0.3) is 5.91 Å². The number of carbonyl (C=O) groups is 1. The van der Waals surface area contributed by atoms with Gasteiger partial charge in [-0.3, -0.25) is 4.79 Å². The molecule has 9 nitrogen and oxygen atoms in total. The Balaban J connectivity index is 1.84. The van der Waals surface area contributed by atoms with Crippen LogP contribution in [0.4, 0.5) is 5.69 Å². The molecule has 0 saturated heterocycles. The lowest BCUT2D eigenvalue weighted by Gasteiger charge is -2.16. The van der Waals surface area contributed by atoms with Crippen molar-refractivity contribution < 1.29 is 22.4 Å². The molecule has 0 fully saturated rings. The summed E-state index contributed by atoms with van der Waals surface area (Å²) in [6.07, 6.45) is 1.22. The first-order chi connectivity index (χ1) is 13.3. The van der Waals surface area contributed by atoms with E-state index in [-0.39, 0.29) is 10.6 Å². The van der Waals surface area contributed by atoms with Gasteiger partial charge in [0.15, 0.2) is 0 Å². The van der Waals surface area contributed by atoms with E-state index in [1.165, 1.54) is 39.7 Å². The number of aromatic nitrogens is 2. The maximum atomic E-state index is 12.5. The molecule has 0 unspecified atom stereocenters. The number of amides is 1. The molecule has 1 heterocycles. The molecule has 0 radical (unpaired) electrons. The number of anilines is 1. The van der Waals surface area contributed by atoms with Gasteiger partial charge < -0.3 is 14.5 Å². The molecule has 0 aliphatic heterocycles. The van der Waals surface area contributed by atoms with Crippen LogP contribution in [0.1, 0.15) is 10.4 Å². The molecule has 1 aromatic heterocycles. The number of benzene rings is 2. The van der Waals surface area contributed by atoms with Gasteiger partial charge in [0, 0.05) is 30.9 Å². The first-order valence-electron chi connectivity index (χ1n) is 8.11. The molecule has 0 spiro atoms. The van der Waals surface area contributed by atoms with Gasteiger partial charge in [-0.05, 0) is 42.5 Å². The predicted molar refractivity (Wildman–Crippen MR) is 102 cm³/mol. The van der Waals surface area contributed by atoms with E-state index in [2.05, 4.69) is 15.5 Å². The minimum absolute atomic E-state index is 0.0375. The van der Waals surface area contributed by atoms with E-state index >= 15 is 0 Å². The Hall–Kier alpha value is -3.24. The SMILES string of the molecule is COc1ccc(NC(=O)c2ccc(-c3nnco3)cc2)cc1S(=O)(=O)N(C)C. The topological polar surface area (TPSA) is 115 Å². The number of nitrogens with zero attached hydrogens (tertiary/aromatic N) is 3. The van der Waals surface area contributed by atoms with Crippen molar-refractivity contribution in [1.29, 1.82) is 0 Å². The van der Waals surface area contributed by atoms with Gasteiger partial charge >= 0.3 is 0 Å². The summed E-state index contributed by atoms with van der Waals surface area (Å²) >= 11 is 0. The molecule has 0 saturated carbocycles. The molecule has 1 N–H and O–H groups in total. The molecule has 2 aromatic carbocycles. The van der Waals surface area contributed by atoms with Crippen LogP contribution < -0.4 is 10.1 Å². The van der Waals surface area contributed by atoms with Crippen LogP contribution in [0, 0.1) is 0 Å². The highest BCUT2D eigenvalue weighted by atomic mass is 32.2. The summed E-state index contributed by atoms with van der Waals surface area (Å²) in [7, 11) is 0.486. The molecule has 3 aromatic rings. The summed E-state index contributed by atoms with van der Waals surface area (Å²) < 4.78 is 36.3. The minimum atomic E-state index is -3.74. The van der Waals surface area contributed by atoms with Gasteiger partial charge in [0.1, 0.15) is 10.6 Å². The van der Waals surface area contributed by atoms with Crippen molar-refractivity contribution in [3.8, 4) is 17.2 Å². The first kappa shape index (κ1) is 19.5. The second kappa shape index (κ2) is 7.79. The standard InChI is InChI=1S/C18H18N4O5S/c1-22(2)28(24,25)16-10-14(8-9-15(16)26-3)20-17(23)12-4-6-13(7-5-12)18-21-19-11-27-18/h4-11H,1-3H3,(H,20,23). The molecule has 28 heavy (non-hydrogen) atoms. The number of carbonyl (C=O) groups excluding carboxylic acids is 1. The first-order valence-corrected chi connectivity index (χ1v) is 9.55. The van der Waals surface area contributed by atoms with E-state index in [9.17, 15) is 13.2 Å². The minimum Gasteiger partial charge on any atom is -0.495 e. The number of hydrogen-bond donors (Lipinski definition) is 1. The molecule has 0 bridgehead atoms. The molecule has 0 aliphatic carbocycles. The van der Waals surface area contributed by atoms with Gasteiger partial charge in [-0.25, -0.2) is 12.7 Å². The predicted octanol–water partition coefficient (Wildman–Crippen LogP) is 2.25. The Morgan fingerprint density at radius 1 is 1.14 bits per heavy atom. The highest BCUT2D eigenvalue weighted by Gasteiger charge is 2.23. The van der Waals surface area contributed by atoms with Crippen LogP contribution in [0.5, 0.6) is 5.75 Å². The van der Waals surface area contributed by atoms with Crippen LogP contribution in [-0.2, 0) is 10.0 Å². The van der Waals surface area contributed by atoms with Gasteiger partial charge in [0.05, 0.1) is 7.11 Å². The third kappa shape index (κ3) is 3.87. The molecule has 1 amide bonds. The zero-order valence-electron chi connectivity index (χ0n) is 15.4. The highest BCUT2D eigenvalue weighted by molar-refractivity contribution is 7.89. The summed E-state index contributed by atoms with van der Waals surface area (Å²) in [6, 6.07) is 11.0. The number of methoxy groups -OCH3 is 1. The van der Waals surface area contributed by atoms with E-state index < -0.39 is 15.9 Å². The largest absolute Gasteiger partial charge is 0.495 e. The maximum absolute atomic E-state index is 12.5. The maximum Gasteiger partial charge on any atom is 0.255 e. The fourth-order valence-electron chi connectivity index (χ4n) is 2.42.